The molecule has 0 bridgehead atoms. The molecule has 0 aliphatic carbocycles. The highest BCUT2D eigenvalue weighted by molar-refractivity contribution is 9.10. The molecule has 2 N–H and O–H groups in total. The molecule has 1 amide bonds. The van der Waals surface area contributed by atoms with E-state index in [0.29, 0.717) is 12.8 Å². The zero-order valence-electron chi connectivity index (χ0n) is 13.3. The number of hydrogen-bond donors (Lipinski definition) is 1. The number of carbonyl (C=O) groups is 1. The molecular weight excluding hydrogens is 374 g/mol. The van der Waals surface area contributed by atoms with Crippen LogP contribution in [0.3, 0.4) is 0 Å². The summed E-state index contributed by atoms with van der Waals surface area (Å²) in [5.41, 5.74) is 7.06. The van der Waals surface area contributed by atoms with Crippen molar-refractivity contribution >= 4 is 43.4 Å². The molecule has 0 spiro atoms. The Kier molecular flexibility index (Phi) is 5.34. The molecule has 6 heteroatoms. The quantitative estimate of drug-likeness (QED) is 0.857. The molecule has 124 valence electrons. The van der Waals surface area contributed by atoms with Gasteiger partial charge in [-0.05, 0) is 44.4 Å². The first-order valence-electron chi connectivity index (χ1n) is 8.14. The molecule has 0 saturated carbocycles. The Labute approximate surface area is 149 Å². The number of halogens is 1. The number of aromatic nitrogens is 1. The number of nitrogens with zero attached hydrogens (tertiary/aromatic N) is 2. The van der Waals surface area contributed by atoms with Crippen LogP contribution in [-0.4, -0.2) is 34.4 Å². The molecule has 3 rings (SSSR count). The van der Waals surface area contributed by atoms with E-state index >= 15 is 0 Å². The van der Waals surface area contributed by atoms with E-state index in [1.165, 1.54) is 11.1 Å². The summed E-state index contributed by atoms with van der Waals surface area (Å²) < 4.78 is 2.20. The molecule has 1 aliphatic heterocycles. The van der Waals surface area contributed by atoms with E-state index < -0.39 is 0 Å². The lowest BCUT2D eigenvalue weighted by Crippen LogP contribution is -2.51. The second-order valence-corrected chi connectivity index (χ2v) is 8.26. The maximum Gasteiger partial charge on any atom is 0.223 e. The van der Waals surface area contributed by atoms with E-state index in [-0.39, 0.29) is 18.0 Å². The molecule has 2 unspecified atom stereocenters. The van der Waals surface area contributed by atoms with Gasteiger partial charge >= 0.3 is 0 Å². The Morgan fingerprint density at radius 1 is 1.52 bits per heavy atom. The van der Waals surface area contributed by atoms with Gasteiger partial charge in [-0.25, -0.2) is 4.98 Å². The zero-order chi connectivity index (χ0) is 16.4. The Hall–Kier alpha value is -0.980. The van der Waals surface area contributed by atoms with Gasteiger partial charge in [0.05, 0.1) is 15.2 Å². The van der Waals surface area contributed by atoms with Crippen molar-refractivity contribution in [2.75, 3.05) is 6.54 Å². The van der Waals surface area contributed by atoms with Gasteiger partial charge in [-0.15, -0.1) is 11.3 Å². The largest absolute Gasteiger partial charge is 0.338 e. The van der Waals surface area contributed by atoms with E-state index in [4.69, 9.17) is 5.73 Å². The number of carbonyl (C=O) groups excluding carboxylic acids is 1. The number of likely N-dealkylation sites (tertiary alicyclic amines) is 1. The Morgan fingerprint density at radius 2 is 2.35 bits per heavy atom. The highest BCUT2D eigenvalue weighted by atomic mass is 79.9. The maximum atomic E-state index is 12.6. The number of benzene rings is 1. The van der Waals surface area contributed by atoms with Crippen LogP contribution in [0.15, 0.2) is 22.7 Å². The standard InChI is InChI=1S/C17H22BrN3OS/c1-11(19)14-4-2-3-9-21(14)17(22)8-7-16-20-13-10-12(18)5-6-15(13)23-16/h5-6,10-11,14H,2-4,7-9,19H2,1H3. The second kappa shape index (κ2) is 7.28. The average molecular weight is 396 g/mol. The maximum absolute atomic E-state index is 12.6. The average Bonchev–Trinajstić information content (AvgIpc) is 2.94. The number of amides is 1. The van der Waals surface area contributed by atoms with Gasteiger partial charge in [0, 0.05) is 35.9 Å². The van der Waals surface area contributed by atoms with Crippen LogP contribution in [0.25, 0.3) is 10.2 Å². The van der Waals surface area contributed by atoms with Crippen LogP contribution >= 0.6 is 27.3 Å². The third kappa shape index (κ3) is 3.92. The van der Waals surface area contributed by atoms with Crippen molar-refractivity contribution in [1.82, 2.24) is 9.88 Å². The molecule has 1 aromatic heterocycles. The molecule has 2 atom stereocenters. The molecular formula is C17H22BrN3OS. The number of nitrogens with two attached hydrogens (primary N) is 1. The molecule has 23 heavy (non-hydrogen) atoms. The van der Waals surface area contributed by atoms with Crippen LogP contribution in [-0.2, 0) is 11.2 Å². The number of fused-ring (bicyclic) bond motifs is 1. The van der Waals surface area contributed by atoms with Gasteiger partial charge < -0.3 is 10.6 Å². The van der Waals surface area contributed by atoms with Crippen LogP contribution in [0.5, 0.6) is 0 Å². The summed E-state index contributed by atoms with van der Waals surface area (Å²) in [5, 5.41) is 1.03. The minimum Gasteiger partial charge on any atom is -0.338 e. The van der Waals surface area contributed by atoms with Crippen LogP contribution < -0.4 is 5.73 Å². The summed E-state index contributed by atoms with van der Waals surface area (Å²) in [4.78, 5) is 19.2. The first-order valence-corrected chi connectivity index (χ1v) is 9.75. The molecule has 2 aromatic rings. The fourth-order valence-electron chi connectivity index (χ4n) is 3.23. The zero-order valence-corrected chi connectivity index (χ0v) is 15.7. The lowest BCUT2D eigenvalue weighted by atomic mass is 9.96. The van der Waals surface area contributed by atoms with Gasteiger partial charge in [0.1, 0.15) is 0 Å². The molecule has 1 fully saturated rings. The molecule has 1 aliphatic rings. The van der Waals surface area contributed by atoms with Gasteiger partial charge in [-0.2, -0.15) is 0 Å². The SMILES string of the molecule is CC(N)C1CCCCN1C(=O)CCc1nc2cc(Br)ccc2s1. The van der Waals surface area contributed by atoms with Gasteiger partial charge in [-0.1, -0.05) is 15.9 Å². The van der Waals surface area contributed by atoms with Crippen LogP contribution in [0.2, 0.25) is 0 Å². The number of thiazole rings is 1. The van der Waals surface area contributed by atoms with E-state index in [1.807, 2.05) is 24.0 Å². The summed E-state index contributed by atoms with van der Waals surface area (Å²) in [7, 11) is 0. The molecule has 1 aromatic carbocycles. The predicted octanol–water partition coefficient (Wildman–Crippen LogP) is 3.72. The fraction of sp³-hybridized carbons (Fsp3) is 0.529. The highest BCUT2D eigenvalue weighted by Gasteiger charge is 2.28. The smallest absolute Gasteiger partial charge is 0.223 e. The minimum absolute atomic E-state index is 0.0408. The molecule has 4 nitrogen and oxygen atoms in total. The first-order chi connectivity index (χ1) is 11.0. The first kappa shape index (κ1) is 16.9. The third-order valence-electron chi connectivity index (χ3n) is 4.42. The summed E-state index contributed by atoms with van der Waals surface area (Å²) in [6.45, 7) is 2.85. The number of piperidine rings is 1. The Bertz CT molecular complexity index is 700. The topological polar surface area (TPSA) is 59.2 Å². The number of rotatable bonds is 4. The molecule has 0 radical (unpaired) electrons. The van der Waals surface area contributed by atoms with Crippen molar-refractivity contribution in [3.8, 4) is 0 Å². The molecule has 2 heterocycles. The van der Waals surface area contributed by atoms with E-state index in [1.54, 1.807) is 11.3 Å². The fourth-order valence-corrected chi connectivity index (χ4v) is 4.52. The van der Waals surface area contributed by atoms with Gasteiger partial charge in [0.25, 0.3) is 0 Å². The van der Waals surface area contributed by atoms with Crippen LogP contribution in [0.4, 0.5) is 0 Å². The van der Waals surface area contributed by atoms with Crippen LogP contribution in [0, 0.1) is 0 Å². The van der Waals surface area contributed by atoms with Crippen molar-refractivity contribution in [3.63, 3.8) is 0 Å². The predicted molar refractivity (Wildman–Crippen MR) is 98.6 cm³/mol. The highest BCUT2D eigenvalue weighted by Crippen LogP contribution is 2.26. The Morgan fingerprint density at radius 3 is 3.13 bits per heavy atom. The van der Waals surface area contributed by atoms with Crippen molar-refractivity contribution in [2.24, 2.45) is 5.73 Å². The summed E-state index contributed by atoms with van der Waals surface area (Å²) in [6.07, 6.45) is 4.51. The Balaban J connectivity index is 1.65. The summed E-state index contributed by atoms with van der Waals surface area (Å²) in [6, 6.07) is 6.35. The molecule has 1 saturated heterocycles. The monoisotopic (exact) mass is 395 g/mol. The number of aryl methyl sites for hydroxylation is 1. The normalized spacial score (nSPS) is 20.0. The lowest BCUT2D eigenvalue weighted by molar-refractivity contribution is -0.135. The van der Waals surface area contributed by atoms with Crippen molar-refractivity contribution in [2.45, 2.75) is 51.1 Å². The third-order valence-corrected chi connectivity index (χ3v) is 6.01. The van der Waals surface area contributed by atoms with Crippen molar-refractivity contribution in [3.05, 3.63) is 27.7 Å². The summed E-state index contributed by atoms with van der Waals surface area (Å²) >= 11 is 5.14. The van der Waals surface area contributed by atoms with Crippen LogP contribution in [0.1, 0.15) is 37.6 Å². The van der Waals surface area contributed by atoms with Gasteiger partial charge in [-0.3, -0.25) is 4.79 Å². The second-order valence-electron chi connectivity index (χ2n) is 6.23. The van der Waals surface area contributed by atoms with Gasteiger partial charge in [0.15, 0.2) is 0 Å². The lowest BCUT2D eigenvalue weighted by Gasteiger charge is -2.38. The van der Waals surface area contributed by atoms with Crippen molar-refractivity contribution < 1.29 is 4.79 Å². The van der Waals surface area contributed by atoms with Gasteiger partial charge in [0.2, 0.25) is 5.91 Å². The minimum atomic E-state index is 0.0408. The van der Waals surface area contributed by atoms with E-state index in [9.17, 15) is 4.79 Å². The van der Waals surface area contributed by atoms with Crippen molar-refractivity contribution in [1.29, 1.82) is 0 Å². The van der Waals surface area contributed by atoms with E-state index in [0.717, 1.165) is 34.4 Å². The number of hydrogen-bond acceptors (Lipinski definition) is 4. The van der Waals surface area contributed by atoms with E-state index in [2.05, 4.69) is 27.0 Å². The summed E-state index contributed by atoms with van der Waals surface area (Å²) in [5.74, 6) is 0.215.